The van der Waals surface area contributed by atoms with Crippen molar-refractivity contribution in [1.29, 1.82) is 0 Å². The fraction of sp³-hybridized carbons (Fsp3) is 0.259. The Morgan fingerprint density at radius 3 is 2.00 bits per heavy atom. The first-order valence-electron chi connectivity index (χ1n) is 11.1. The number of carbonyl (C=O) groups is 2. The van der Waals surface area contributed by atoms with Crippen LogP contribution in [0.3, 0.4) is 0 Å². The highest BCUT2D eigenvalue weighted by atomic mass is 16.5. The Kier molecular flexibility index (Phi) is 7.10. The molecule has 0 radical (unpaired) electrons. The zero-order chi connectivity index (χ0) is 24.9. The molecule has 4 rings (SSSR count). The minimum atomic E-state index is -1.24. The number of alkyl carbamates (subject to hydrolysis) is 1. The number of hydrogen-bond acceptors (Lipinski definition) is 6. The molecule has 0 heterocycles. The molecule has 0 saturated heterocycles. The Morgan fingerprint density at radius 2 is 1.46 bits per heavy atom. The van der Waals surface area contributed by atoms with Gasteiger partial charge in [-0.15, -0.1) is 0 Å². The zero-order valence-electron chi connectivity index (χ0n) is 19.7. The second-order valence-corrected chi connectivity index (χ2v) is 8.06. The lowest BCUT2D eigenvalue weighted by molar-refractivity contribution is -0.139. The molecule has 0 aliphatic heterocycles. The predicted molar refractivity (Wildman–Crippen MR) is 129 cm³/mol. The van der Waals surface area contributed by atoms with Crippen molar-refractivity contribution in [1.82, 2.24) is 5.32 Å². The maximum absolute atomic E-state index is 12.6. The highest BCUT2D eigenvalue weighted by Crippen LogP contribution is 2.44. The summed E-state index contributed by atoms with van der Waals surface area (Å²) in [6, 6.07) is 18.1. The second kappa shape index (κ2) is 10.4. The third kappa shape index (κ3) is 4.73. The van der Waals surface area contributed by atoms with E-state index in [-0.39, 0.29) is 18.9 Å². The number of ether oxygens (including phenoxy) is 4. The van der Waals surface area contributed by atoms with Gasteiger partial charge in [-0.3, -0.25) is 0 Å². The van der Waals surface area contributed by atoms with Crippen LogP contribution in [0, 0.1) is 0 Å². The predicted octanol–water partition coefficient (Wildman–Crippen LogP) is 4.25. The van der Waals surface area contributed by atoms with E-state index >= 15 is 0 Å². The van der Waals surface area contributed by atoms with E-state index in [1.807, 2.05) is 48.5 Å². The molecule has 0 unspecified atom stereocenters. The van der Waals surface area contributed by atoms with Gasteiger partial charge in [0.1, 0.15) is 12.6 Å². The van der Waals surface area contributed by atoms with Crippen molar-refractivity contribution in [3.8, 4) is 28.4 Å². The third-order valence-corrected chi connectivity index (χ3v) is 6.14. The van der Waals surface area contributed by atoms with E-state index in [4.69, 9.17) is 18.9 Å². The van der Waals surface area contributed by atoms with Crippen LogP contribution in [0.15, 0.2) is 60.7 Å². The molecule has 0 saturated carbocycles. The smallest absolute Gasteiger partial charge is 0.407 e. The van der Waals surface area contributed by atoms with Crippen LogP contribution in [0.2, 0.25) is 0 Å². The number of benzene rings is 3. The molecule has 0 fully saturated rings. The summed E-state index contributed by atoms with van der Waals surface area (Å²) in [5, 5.41) is 12.2. The van der Waals surface area contributed by atoms with Crippen molar-refractivity contribution in [3.05, 3.63) is 77.4 Å². The molecule has 0 aromatic heterocycles. The van der Waals surface area contributed by atoms with E-state index in [9.17, 15) is 14.7 Å². The van der Waals surface area contributed by atoms with E-state index < -0.39 is 18.1 Å². The number of aliphatic carboxylic acids is 1. The molecular weight excluding hydrogens is 450 g/mol. The highest BCUT2D eigenvalue weighted by Gasteiger charge is 2.30. The minimum Gasteiger partial charge on any atom is -0.493 e. The van der Waals surface area contributed by atoms with Crippen LogP contribution in [0.4, 0.5) is 4.79 Å². The van der Waals surface area contributed by atoms with Crippen molar-refractivity contribution in [2.75, 3.05) is 27.9 Å². The summed E-state index contributed by atoms with van der Waals surface area (Å²) in [7, 11) is 4.42. The van der Waals surface area contributed by atoms with Gasteiger partial charge in [-0.25, -0.2) is 9.59 Å². The molecule has 3 aromatic carbocycles. The van der Waals surface area contributed by atoms with E-state index in [0.29, 0.717) is 22.8 Å². The molecular formula is C27H27NO7. The lowest BCUT2D eigenvalue weighted by atomic mass is 9.98. The van der Waals surface area contributed by atoms with Crippen molar-refractivity contribution in [2.45, 2.75) is 18.4 Å². The van der Waals surface area contributed by atoms with Crippen LogP contribution < -0.4 is 19.5 Å². The number of fused-ring (bicyclic) bond motifs is 3. The molecule has 1 amide bonds. The molecule has 3 aromatic rings. The van der Waals surface area contributed by atoms with Crippen molar-refractivity contribution >= 4 is 12.1 Å². The van der Waals surface area contributed by atoms with Crippen LogP contribution in [0.5, 0.6) is 17.2 Å². The molecule has 35 heavy (non-hydrogen) atoms. The Morgan fingerprint density at radius 1 is 0.857 bits per heavy atom. The molecule has 0 bridgehead atoms. The van der Waals surface area contributed by atoms with Crippen LogP contribution in [-0.4, -0.2) is 51.1 Å². The Hall–Kier alpha value is -4.20. The van der Waals surface area contributed by atoms with Crippen LogP contribution in [0.1, 0.15) is 22.6 Å². The molecule has 1 aliphatic rings. The number of carbonyl (C=O) groups excluding carboxylic acids is 1. The van der Waals surface area contributed by atoms with Crippen LogP contribution in [-0.2, 0) is 16.0 Å². The summed E-state index contributed by atoms with van der Waals surface area (Å²) in [5.41, 5.74) is 4.91. The summed E-state index contributed by atoms with van der Waals surface area (Å²) in [6.07, 6.45) is -0.845. The fourth-order valence-electron chi connectivity index (χ4n) is 4.53. The SMILES string of the molecule is COc1ccc(C[C@H](NC(=O)OCC2c3ccccc3-c3ccccc32)C(=O)O)c(OC)c1OC. The fourth-order valence-corrected chi connectivity index (χ4v) is 4.53. The number of carboxylic acid groups (broad SMARTS) is 1. The Labute approximate surface area is 203 Å². The van der Waals surface area contributed by atoms with Crippen molar-refractivity contribution in [3.63, 3.8) is 0 Å². The summed E-state index contributed by atoms with van der Waals surface area (Å²) < 4.78 is 21.6. The van der Waals surface area contributed by atoms with Crippen molar-refractivity contribution in [2.24, 2.45) is 0 Å². The van der Waals surface area contributed by atoms with Gasteiger partial charge < -0.3 is 29.4 Å². The zero-order valence-corrected chi connectivity index (χ0v) is 19.7. The minimum absolute atomic E-state index is 0.0386. The number of hydrogen-bond donors (Lipinski definition) is 2. The van der Waals surface area contributed by atoms with Crippen LogP contribution in [0.25, 0.3) is 11.1 Å². The molecule has 0 spiro atoms. The van der Waals surface area contributed by atoms with Gasteiger partial charge in [0.15, 0.2) is 11.5 Å². The number of carboxylic acids is 1. The quantitative estimate of drug-likeness (QED) is 0.475. The molecule has 2 N–H and O–H groups in total. The van der Waals surface area contributed by atoms with Gasteiger partial charge in [-0.05, 0) is 28.3 Å². The van der Waals surface area contributed by atoms with E-state index in [1.54, 1.807) is 12.1 Å². The average Bonchev–Trinajstić information content (AvgIpc) is 3.20. The standard InChI is InChI=1S/C27H27NO7/c1-32-23-13-12-16(24(33-2)25(23)34-3)14-22(26(29)30)28-27(31)35-15-21-19-10-6-4-8-17(19)18-9-5-7-11-20(18)21/h4-13,21-22H,14-15H2,1-3H3,(H,28,31)(H,29,30)/t22-/m0/s1. The largest absolute Gasteiger partial charge is 0.493 e. The number of rotatable bonds is 9. The average molecular weight is 478 g/mol. The highest BCUT2D eigenvalue weighted by molar-refractivity contribution is 5.81. The Balaban J connectivity index is 1.47. The summed E-state index contributed by atoms with van der Waals surface area (Å²) in [4.78, 5) is 24.6. The molecule has 8 heteroatoms. The van der Waals surface area contributed by atoms with E-state index in [1.165, 1.54) is 21.3 Å². The van der Waals surface area contributed by atoms with Gasteiger partial charge in [-0.1, -0.05) is 54.6 Å². The first-order valence-corrected chi connectivity index (χ1v) is 11.1. The number of nitrogens with one attached hydrogen (secondary N) is 1. The molecule has 8 nitrogen and oxygen atoms in total. The summed E-state index contributed by atoms with van der Waals surface area (Å²) >= 11 is 0. The lowest BCUT2D eigenvalue weighted by Crippen LogP contribution is -2.43. The van der Waals surface area contributed by atoms with Gasteiger partial charge in [0.2, 0.25) is 5.75 Å². The maximum Gasteiger partial charge on any atom is 0.407 e. The number of methoxy groups -OCH3 is 3. The number of amides is 1. The van der Waals surface area contributed by atoms with Crippen molar-refractivity contribution < 1.29 is 33.6 Å². The van der Waals surface area contributed by atoms with Gasteiger partial charge in [0.05, 0.1) is 21.3 Å². The molecule has 1 atom stereocenters. The maximum atomic E-state index is 12.6. The normalized spacial score (nSPS) is 12.8. The monoisotopic (exact) mass is 477 g/mol. The molecule has 182 valence electrons. The summed E-state index contributed by atoms with van der Waals surface area (Å²) in [5.74, 6) is -0.188. The second-order valence-electron chi connectivity index (χ2n) is 8.06. The third-order valence-electron chi connectivity index (χ3n) is 6.14. The summed E-state index contributed by atoms with van der Waals surface area (Å²) in [6.45, 7) is 0.0892. The van der Waals surface area contributed by atoms with Gasteiger partial charge >= 0.3 is 12.1 Å². The Bertz CT molecular complexity index is 1190. The van der Waals surface area contributed by atoms with Crippen LogP contribution >= 0.6 is 0 Å². The first-order chi connectivity index (χ1) is 17.0. The lowest BCUT2D eigenvalue weighted by Gasteiger charge is -2.20. The molecule has 1 aliphatic carbocycles. The van der Waals surface area contributed by atoms with E-state index in [0.717, 1.165) is 22.3 Å². The topological polar surface area (TPSA) is 103 Å². The first kappa shape index (κ1) is 23.9. The van der Waals surface area contributed by atoms with Gasteiger partial charge in [0, 0.05) is 17.9 Å². The van der Waals surface area contributed by atoms with E-state index in [2.05, 4.69) is 5.32 Å². The van der Waals surface area contributed by atoms with Gasteiger partial charge in [-0.2, -0.15) is 0 Å². The van der Waals surface area contributed by atoms with Gasteiger partial charge in [0.25, 0.3) is 0 Å².